The van der Waals surface area contributed by atoms with Gasteiger partial charge in [-0.05, 0) is 54.1 Å². The molecule has 1 fully saturated rings. The van der Waals surface area contributed by atoms with E-state index in [1.807, 2.05) is 6.07 Å². The summed E-state index contributed by atoms with van der Waals surface area (Å²) in [5.41, 5.74) is -1.45. The smallest absolute Gasteiger partial charge is 0.359 e. The molecule has 11 nitrogen and oxygen atoms in total. The molecule has 0 spiro atoms. The van der Waals surface area contributed by atoms with Gasteiger partial charge in [0.2, 0.25) is 11.0 Å². The van der Waals surface area contributed by atoms with Crippen molar-refractivity contribution >= 4 is 46.0 Å². The molecule has 1 aliphatic heterocycles. The van der Waals surface area contributed by atoms with E-state index >= 15 is 0 Å². The van der Waals surface area contributed by atoms with E-state index in [4.69, 9.17) is 26.3 Å². The minimum absolute atomic E-state index is 0.144. The number of hydrogen-bond acceptors (Lipinski definition) is 10. The molecule has 1 saturated heterocycles. The maximum absolute atomic E-state index is 13.6. The number of alkyl halides is 1. The number of non-ortho nitro benzene ring substituents is 1. The van der Waals surface area contributed by atoms with Gasteiger partial charge in [-0.15, -0.1) is 0 Å². The van der Waals surface area contributed by atoms with Crippen LogP contribution in [0, 0.1) is 32.8 Å². The molecule has 0 saturated carbocycles. The molecule has 1 N–H and O–H groups in total. The van der Waals surface area contributed by atoms with E-state index in [2.05, 4.69) is 0 Å². The third kappa shape index (κ3) is 7.64. The molecule has 3 rings (SSSR count). The van der Waals surface area contributed by atoms with E-state index in [-0.39, 0.29) is 34.7 Å². The summed E-state index contributed by atoms with van der Waals surface area (Å²) in [6.07, 6.45) is -0.947. The average molecular weight is 602 g/mol. The molecule has 0 bridgehead atoms. The fourth-order valence-corrected chi connectivity index (χ4v) is 4.99. The molecular weight excluding hydrogens is 574 g/mol. The Labute approximate surface area is 245 Å². The van der Waals surface area contributed by atoms with Gasteiger partial charge < -0.3 is 14.6 Å². The van der Waals surface area contributed by atoms with Crippen LogP contribution in [-0.4, -0.2) is 43.5 Å². The molecule has 0 aromatic heterocycles. The van der Waals surface area contributed by atoms with Crippen molar-refractivity contribution in [1.82, 2.24) is 4.90 Å². The lowest BCUT2D eigenvalue weighted by atomic mass is 9.92. The summed E-state index contributed by atoms with van der Waals surface area (Å²) < 4.78 is 11.4. The van der Waals surface area contributed by atoms with Gasteiger partial charge in [0.05, 0.1) is 29.4 Å². The molecule has 3 atom stereocenters. The maximum Gasteiger partial charge on any atom is 0.359 e. The number of amides is 1. The van der Waals surface area contributed by atoms with Crippen LogP contribution in [0.5, 0.6) is 5.75 Å². The number of aliphatic hydroxyl groups excluding tert-OH is 1. The minimum Gasteiger partial charge on any atom is -0.456 e. The van der Waals surface area contributed by atoms with Gasteiger partial charge in [-0.3, -0.25) is 24.6 Å². The molecule has 216 valence electrons. The number of rotatable bonds is 10. The number of hydrogen-bond donors (Lipinski definition) is 1. The molecule has 0 aliphatic carbocycles. The van der Waals surface area contributed by atoms with Gasteiger partial charge in [-0.25, -0.2) is 4.79 Å². The summed E-state index contributed by atoms with van der Waals surface area (Å²) in [7, 11) is 0. The first kappa shape index (κ1) is 31.6. The number of nitriles is 1. The van der Waals surface area contributed by atoms with Gasteiger partial charge >= 0.3 is 5.97 Å². The predicted octanol–water partition coefficient (Wildman–Crippen LogP) is 4.66. The highest BCUT2D eigenvalue weighted by atomic mass is 35.5. The summed E-state index contributed by atoms with van der Waals surface area (Å²) in [5, 5.41) is 29.3. The lowest BCUT2D eigenvalue weighted by Gasteiger charge is -2.45. The van der Waals surface area contributed by atoms with Crippen molar-refractivity contribution in [3.8, 4) is 11.8 Å². The monoisotopic (exact) mass is 601 g/mol. The molecule has 2 aromatic carbocycles. The SMILES string of the molecule is C[C@@H](O)[C@H]1C(=O)N(C(C(=O)OCc2ccc([N+](=O)[O-])cc2)=C(Oc2ccc(CC#N)cc2)SC(=O)C(C)(C)C)[C@H]1Cl. The number of esters is 1. The van der Waals surface area contributed by atoms with Gasteiger partial charge in [0.15, 0.2) is 10.8 Å². The Balaban J connectivity index is 2.05. The largest absolute Gasteiger partial charge is 0.456 e. The number of carbonyl (C=O) groups excluding carboxylic acids is 3. The standard InChI is InChI=1S/C28H28ClN3O8S/c1-16(33)21-23(29)31(24(21)34)22(25(35)39-15-18-5-9-19(10-6-18)32(37)38)26(41-27(36)28(2,3)4)40-20-11-7-17(8-12-20)13-14-30/h5-12,16,21,23,33H,13,15H2,1-4H3/t16-,21-,23-/m1/s1. The number of nitro benzene ring substituents is 1. The van der Waals surface area contributed by atoms with Crippen molar-refractivity contribution in [2.75, 3.05) is 0 Å². The van der Waals surface area contributed by atoms with E-state index in [1.165, 1.54) is 31.2 Å². The second-order valence-electron chi connectivity index (χ2n) is 10.2. The summed E-state index contributed by atoms with van der Waals surface area (Å²) in [5.74, 6) is -2.51. The highest BCUT2D eigenvalue weighted by Gasteiger charge is 2.53. The zero-order valence-corrected chi connectivity index (χ0v) is 24.3. The fourth-order valence-electron chi connectivity index (χ4n) is 3.59. The average Bonchev–Trinajstić information content (AvgIpc) is 2.90. The Morgan fingerprint density at radius 2 is 1.76 bits per heavy atom. The molecule has 0 unspecified atom stereocenters. The second-order valence-corrected chi connectivity index (χ2v) is 11.6. The number of nitrogens with zero attached hydrogens (tertiary/aromatic N) is 3. The first-order valence-electron chi connectivity index (χ1n) is 12.4. The van der Waals surface area contributed by atoms with Crippen LogP contribution in [0.15, 0.2) is 59.3 Å². The van der Waals surface area contributed by atoms with Gasteiger partial charge in [0, 0.05) is 17.5 Å². The van der Waals surface area contributed by atoms with Gasteiger partial charge in [0.25, 0.3) is 5.69 Å². The number of ether oxygens (including phenoxy) is 2. The van der Waals surface area contributed by atoms with Crippen molar-refractivity contribution < 1.29 is 33.9 Å². The lowest BCUT2D eigenvalue weighted by molar-refractivity contribution is -0.384. The Kier molecular flexibility index (Phi) is 10.1. The molecule has 1 heterocycles. The molecule has 1 aliphatic rings. The zero-order chi connectivity index (χ0) is 30.5. The summed E-state index contributed by atoms with van der Waals surface area (Å²) in [6, 6.07) is 13.7. The van der Waals surface area contributed by atoms with E-state index in [0.29, 0.717) is 22.9 Å². The van der Waals surface area contributed by atoms with Crippen molar-refractivity contribution in [2.24, 2.45) is 11.3 Å². The van der Waals surface area contributed by atoms with Crippen LogP contribution >= 0.6 is 23.4 Å². The van der Waals surface area contributed by atoms with E-state index in [9.17, 15) is 29.6 Å². The number of thioether (sulfide) groups is 1. The van der Waals surface area contributed by atoms with Crippen LogP contribution in [-0.2, 0) is 32.1 Å². The number of nitro groups is 1. The molecule has 1 amide bonds. The first-order chi connectivity index (χ1) is 19.2. The first-order valence-corrected chi connectivity index (χ1v) is 13.7. The number of aliphatic hydroxyl groups is 1. The van der Waals surface area contributed by atoms with Crippen molar-refractivity contribution in [3.63, 3.8) is 0 Å². The van der Waals surface area contributed by atoms with Crippen LogP contribution < -0.4 is 4.74 Å². The summed E-state index contributed by atoms with van der Waals surface area (Å²) >= 11 is 7.05. The van der Waals surface area contributed by atoms with Crippen LogP contribution in [0.1, 0.15) is 38.8 Å². The highest BCUT2D eigenvalue weighted by molar-refractivity contribution is 8.16. The Morgan fingerprint density at radius 3 is 2.24 bits per heavy atom. The van der Waals surface area contributed by atoms with Crippen molar-refractivity contribution in [1.29, 1.82) is 5.26 Å². The number of halogens is 1. The van der Waals surface area contributed by atoms with Gasteiger partial charge in [-0.2, -0.15) is 5.26 Å². The number of likely N-dealkylation sites (tertiary alicyclic amines) is 1. The van der Waals surface area contributed by atoms with Crippen molar-refractivity contribution in [3.05, 3.63) is 80.6 Å². The number of β-lactam (4-membered cyclic amide) rings is 1. The third-order valence-electron chi connectivity index (χ3n) is 5.94. The number of carbonyl (C=O) groups is 3. The van der Waals surface area contributed by atoms with Crippen LogP contribution in [0.25, 0.3) is 0 Å². The molecule has 0 radical (unpaired) electrons. The minimum atomic E-state index is -1.15. The molecule has 41 heavy (non-hydrogen) atoms. The normalized spacial score (nSPS) is 18.0. The fraction of sp³-hybridized carbons (Fsp3) is 0.357. The van der Waals surface area contributed by atoms with Crippen molar-refractivity contribution in [2.45, 2.75) is 52.3 Å². The van der Waals surface area contributed by atoms with E-state index in [0.717, 1.165) is 4.90 Å². The predicted molar refractivity (Wildman–Crippen MR) is 150 cm³/mol. The zero-order valence-electron chi connectivity index (χ0n) is 22.7. The van der Waals surface area contributed by atoms with E-state index < -0.39 is 45.4 Å². The third-order valence-corrected chi connectivity index (χ3v) is 7.67. The quantitative estimate of drug-likeness (QED) is 0.0592. The Bertz CT molecular complexity index is 1400. The van der Waals surface area contributed by atoms with E-state index in [1.54, 1.807) is 45.0 Å². The Hall–Kier alpha value is -3.92. The molecule has 2 aromatic rings. The van der Waals surface area contributed by atoms with Crippen LogP contribution in [0.2, 0.25) is 0 Å². The number of benzene rings is 2. The topological polar surface area (TPSA) is 160 Å². The van der Waals surface area contributed by atoms with Crippen LogP contribution in [0.3, 0.4) is 0 Å². The van der Waals surface area contributed by atoms with Crippen LogP contribution in [0.4, 0.5) is 5.69 Å². The maximum atomic E-state index is 13.6. The second kappa shape index (κ2) is 13.2. The molecule has 13 heteroatoms. The van der Waals surface area contributed by atoms with Gasteiger partial charge in [-0.1, -0.05) is 44.5 Å². The highest BCUT2D eigenvalue weighted by Crippen LogP contribution is 2.41. The summed E-state index contributed by atoms with van der Waals surface area (Å²) in [6.45, 7) is 6.09. The van der Waals surface area contributed by atoms with Gasteiger partial charge in [0.1, 0.15) is 17.9 Å². The lowest BCUT2D eigenvalue weighted by Crippen LogP contribution is -2.62. The summed E-state index contributed by atoms with van der Waals surface area (Å²) in [4.78, 5) is 51.0. The Morgan fingerprint density at radius 1 is 1.17 bits per heavy atom. The molecular formula is C28H28ClN3O8S.